The average molecular weight is 310 g/mol. The lowest BCUT2D eigenvalue weighted by molar-refractivity contribution is -0.384. The van der Waals surface area contributed by atoms with Gasteiger partial charge in [0.15, 0.2) is 0 Å². The first-order valence-electron chi connectivity index (χ1n) is 6.70. The zero-order valence-electron chi connectivity index (χ0n) is 12.3. The SMILES string of the molecule is CCC(=O)N[C@H](COC(C)=O)[C@H](O)c1ccc([N+](=O)[O-])cc1. The van der Waals surface area contributed by atoms with Gasteiger partial charge < -0.3 is 15.2 Å². The summed E-state index contributed by atoms with van der Waals surface area (Å²) >= 11 is 0. The topological polar surface area (TPSA) is 119 Å². The zero-order chi connectivity index (χ0) is 16.7. The first-order chi connectivity index (χ1) is 10.3. The number of nitrogens with zero attached hydrogens (tertiary/aromatic N) is 1. The lowest BCUT2D eigenvalue weighted by Crippen LogP contribution is -2.42. The fourth-order valence-corrected chi connectivity index (χ4v) is 1.75. The number of hydrogen-bond donors (Lipinski definition) is 2. The summed E-state index contributed by atoms with van der Waals surface area (Å²) in [7, 11) is 0. The van der Waals surface area contributed by atoms with Crippen molar-refractivity contribution in [2.45, 2.75) is 32.4 Å². The summed E-state index contributed by atoms with van der Waals surface area (Å²) in [6.45, 7) is 2.67. The van der Waals surface area contributed by atoms with Crippen LogP contribution < -0.4 is 5.32 Å². The molecule has 0 aromatic heterocycles. The molecule has 0 heterocycles. The molecular formula is C14H18N2O6. The monoisotopic (exact) mass is 310 g/mol. The molecule has 1 aromatic carbocycles. The number of carbonyl (C=O) groups is 2. The minimum atomic E-state index is -1.16. The van der Waals surface area contributed by atoms with Crippen molar-refractivity contribution < 1.29 is 24.4 Å². The lowest BCUT2D eigenvalue weighted by atomic mass is 10.0. The van der Waals surface area contributed by atoms with E-state index in [1.807, 2.05) is 0 Å². The van der Waals surface area contributed by atoms with E-state index in [0.717, 1.165) is 0 Å². The number of nitro benzene ring substituents is 1. The lowest BCUT2D eigenvalue weighted by Gasteiger charge is -2.23. The molecule has 0 aliphatic carbocycles. The van der Waals surface area contributed by atoms with Gasteiger partial charge >= 0.3 is 5.97 Å². The second-order valence-corrected chi connectivity index (χ2v) is 4.62. The molecule has 2 N–H and O–H groups in total. The Balaban J connectivity index is 2.88. The number of carbonyl (C=O) groups excluding carboxylic acids is 2. The maximum Gasteiger partial charge on any atom is 0.302 e. The van der Waals surface area contributed by atoms with Gasteiger partial charge in [-0.05, 0) is 17.7 Å². The van der Waals surface area contributed by atoms with Gasteiger partial charge in [0.05, 0.1) is 11.0 Å². The van der Waals surface area contributed by atoms with E-state index in [1.165, 1.54) is 31.2 Å². The van der Waals surface area contributed by atoms with Crippen LogP contribution in [0.4, 0.5) is 5.69 Å². The van der Waals surface area contributed by atoms with Gasteiger partial charge in [0.25, 0.3) is 5.69 Å². The molecule has 0 saturated carbocycles. The maximum atomic E-state index is 11.5. The van der Waals surface area contributed by atoms with E-state index in [0.29, 0.717) is 5.56 Å². The Labute approximate surface area is 127 Å². The van der Waals surface area contributed by atoms with Crippen molar-refractivity contribution in [2.24, 2.45) is 0 Å². The number of benzene rings is 1. The van der Waals surface area contributed by atoms with Gasteiger partial charge in [0, 0.05) is 25.5 Å². The number of rotatable bonds is 7. The van der Waals surface area contributed by atoms with Crippen molar-refractivity contribution >= 4 is 17.6 Å². The minimum Gasteiger partial charge on any atom is -0.464 e. The number of ether oxygens (including phenoxy) is 1. The van der Waals surface area contributed by atoms with Gasteiger partial charge in [0.2, 0.25) is 5.91 Å². The van der Waals surface area contributed by atoms with Crippen LogP contribution in [0.15, 0.2) is 24.3 Å². The second kappa shape index (κ2) is 8.08. The van der Waals surface area contributed by atoms with Gasteiger partial charge in [-0.1, -0.05) is 6.92 Å². The molecule has 120 valence electrons. The van der Waals surface area contributed by atoms with Crippen LogP contribution in [0.25, 0.3) is 0 Å². The number of amides is 1. The molecule has 0 radical (unpaired) electrons. The smallest absolute Gasteiger partial charge is 0.302 e. The van der Waals surface area contributed by atoms with E-state index in [-0.39, 0.29) is 24.6 Å². The standard InChI is InChI=1S/C14H18N2O6/c1-3-13(18)15-12(8-22-9(2)17)14(19)10-4-6-11(7-5-10)16(20)21/h4-7,12,14,19H,3,8H2,1-2H3,(H,15,18)/t12-,14-/m1/s1. The van der Waals surface area contributed by atoms with E-state index in [2.05, 4.69) is 5.32 Å². The van der Waals surface area contributed by atoms with Crippen molar-refractivity contribution in [2.75, 3.05) is 6.61 Å². The number of aliphatic hydroxyl groups is 1. The van der Waals surface area contributed by atoms with Crippen LogP contribution in [0.1, 0.15) is 31.9 Å². The van der Waals surface area contributed by atoms with Crippen LogP contribution in [0, 0.1) is 10.1 Å². The van der Waals surface area contributed by atoms with E-state index in [1.54, 1.807) is 6.92 Å². The summed E-state index contributed by atoms with van der Waals surface area (Å²) in [5.74, 6) is -0.843. The quantitative estimate of drug-likeness (QED) is 0.442. The molecule has 0 fully saturated rings. The highest BCUT2D eigenvalue weighted by atomic mass is 16.6. The fraction of sp³-hybridized carbons (Fsp3) is 0.429. The largest absolute Gasteiger partial charge is 0.464 e. The normalized spacial score (nSPS) is 13.0. The van der Waals surface area contributed by atoms with Gasteiger partial charge in [0.1, 0.15) is 12.7 Å². The Bertz CT molecular complexity index is 543. The van der Waals surface area contributed by atoms with Gasteiger partial charge in [-0.25, -0.2) is 0 Å². The third-order valence-corrected chi connectivity index (χ3v) is 2.96. The van der Waals surface area contributed by atoms with Crippen LogP contribution in [0.2, 0.25) is 0 Å². The molecular weight excluding hydrogens is 292 g/mol. The molecule has 8 nitrogen and oxygen atoms in total. The molecule has 0 unspecified atom stereocenters. The summed E-state index contributed by atoms with van der Waals surface area (Å²) in [4.78, 5) is 32.4. The van der Waals surface area contributed by atoms with Crippen LogP contribution >= 0.6 is 0 Å². The fourth-order valence-electron chi connectivity index (χ4n) is 1.75. The number of nitrogens with one attached hydrogen (secondary N) is 1. The molecule has 1 rings (SSSR count). The first kappa shape index (κ1) is 17.6. The number of esters is 1. The molecule has 8 heteroatoms. The maximum absolute atomic E-state index is 11.5. The summed E-state index contributed by atoms with van der Waals surface area (Å²) in [6, 6.07) is 4.45. The molecule has 0 spiro atoms. The van der Waals surface area contributed by atoms with Crippen LogP contribution in [-0.4, -0.2) is 34.6 Å². The molecule has 22 heavy (non-hydrogen) atoms. The summed E-state index contributed by atoms with van der Waals surface area (Å²) in [5, 5.41) is 23.5. The summed E-state index contributed by atoms with van der Waals surface area (Å²) < 4.78 is 4.83. The molecule has 0 aliphatic rings. The third-order valence-electron chi connectivity index (χ3n) is 2.96. The second-order valence-electron chi connectivity index (χ2n) is 4.62. The Morgan fingerprint density at radius 2 is 1.95 bits per heavy atom. The van der Waals surface area contributed by atoms with Crippen molar-refractivity contribution in [3.8, 4) is 0 Å². The van der Waals surface area contributed by atoms with E-state index in [9.17, 15) is 24.8 Å². The zero-order valence-corrected chi connectivity index (χ0v) is 12.3. The Kier molecular flexibility index (Phi) is 6.46. The van der Waals surface area contributed by atoms with Crippen molar-refractivity contribution in [1.82, 2.24) is 5.32 Å². The van der Waals surface area contributed by atoms with E-state index >= 15 is 0 Å². The van der Waals surface area contributed by atoms with Crippen molar-refractivity contribution in [3.05, 3.63) is 39.9 Å². The highest BCUT2D eigenvalue weighted by Gasteiger charge is 2.24. The van der Waals surface area contributed by atoms with Gasteiger partial charge in [-0.3, -0.25) is 19.7 Å². The molecule has 2 atom stereocenters. The Morgan fingerprint density at radius 3 is 2.41 bits per heavy atom. The van der Waals surface area contributed by atoms with Gasteiger partial charge in [-0.15, -0.1) is 0 Å². The number of hydrogen-bond acceptors (Lipinski definition) is 6. The highest BCUT2D eigenvalue weighted by Crippen LogP contribution is 2.21. The van der Waals surface area contributed by atoms with E-state index < -0.39 is 23.0 Å². The Morgan fingerprint density at radius 1 is 1.36 bits per heavy atom. The average Bonchev–Trinajstić information content (AvgIpc) is 2.50. The molecule has 1 aromatic rings. The molecule has 1 amide bonds. The summed E-state index contributed by atoms with van der Waals surface area (Å²) in [6.07, 6.45) is -0.945. The van der Waals surface area contributed by atoms with E-state index in [4.69, 9.17) is 4.74 Å². The van der Waals surface area contributed by atoms with Crippen LogP contribution in [0.3, 0.4) is 0 Å². The number of aliphatic hydroxyl groups excluding tert-OH is 1. The van der Waals surface area contributed by atoms with Crippen LogP contribution in [-0.2, 0) is 14.3 Å². The first-order valence-corrected chi connectivity index (χ1v) is 6.70. The van der Waals surface area contributed by atoms with Crippen molar-refractivity contribution in [3.63, 3.8) is 0 Å². The minimum absolute atomic E-state index is 0.106. The highest BCUT2D eigenvalue weighted by molar-refractivity contribution is 5.76. The molecule has 0 saturated heterocycles. The van der Waals surface area contributed by atoms with Crippen LogP contribution in [0.5, 0.6) is 0 Å². The molecule has 0 aliphatic heterocycles. The predicted molar refractivity (Wildman–Crippen MR) is 76.9 cm³/mol. The summed E-state index contributed by atoms with van der Waals surface area (Å²) in [5.41, 5.74) is 0.268. The third kappa shape index (κ3) is 5.13. The molecule has 0 bridgehead atoms. The van der Waals surface area contributed by atoms with Crippen molar-refractivity contribution in [1.29, 1.82) is 0 Å². The predicted octanol–water partition coefficient (Wildman–Crippen LogP) is 1.09. The number of non-ortho nitro benzene ring substituents is 1. The van der Waals surface area contributed by atoms with Gasteiger partial charge in [-0.2, -0.15) is 0 Å². The Hall–Kier alpha value is -2.48. The number of nitro groups is 1.